The maximum absolute atomic E-state index is 12.7. The molecule has 1 aromatic carbocycles. The van der Waals surface area contributed by atoms with Crippen molar-refractivity contribution in [3.63, 3.8) is 0 Å². The minimum Gasteiger partial charge on any atom is -0.494 e. The molecule has 0 aromatic heterocycles. The fraction of sp³-hybridized carbons (Fsp3) is 0.591. The molecule has 0 bridgehead atoms. The van der Waals surface area contributed by atoms with Gasteiger partial charge in [0.15, 0.2) is 0 Å². The van der Waals surface area contributed by atoms with Crippen LogP contribution in [-0.4, -0.2) is 43.4 Å². The molecule has 0 spiro atoms. The van der Waals surface area contributed by atoms with Crippen molar-refractivity contribution in [3.8, 4) is 5.75 Å². The zero-order valence-corrected chi connectivity index (χ0v) is 16.9. The van der Waals surface area contributed by atoms with Gasteiger partial charge in [-0.25, -0.2) is 0 Å². The number of hydrogen-bond acceptors (Lipinski definition) is 4. The number of carbonyl (C=O) groups excluding carboxylic acids is 1. The second kappa shape index (κ2) is 10.4. The van der Waals surface area contributed by atoms with Crippen LogP contribution in [0.3, 0.4) is 0 Å². The fourth-order valence-corrected chi connectivity index (χ4v) is 3.68. The van der Waals surface area contributed by atoms with Crippen LogP contribution in [0.1, 0.15) is 45.1 Å². The molecule has 1 aliphatic heterocycles. The van der Waals surface area contributed by atoms with Gasteiger partial charge in [-0.1, -0.05) is 26.0 Å². The largest absolute Gasteiger partial charge is 0.494 e. The smallest absolute Gasteiger partial charge is 0.243 e. The van der Waals surface area contributed by atoms with Crippen LogP contribution in [0.5, 0.6) is 5.75 Å². The van der Waals surface area contributed by atoms with Gasteiger partial charge in [-0.3, -0.25) is 4.79 Å². The summed E-state index contributed by atoms with van der Waals surface area (Å²) in [5, 5.41) is 12.6. The number of benzene rings is 1. The first-order valence-electron chi connectivity index (χ1n) is 9.98. The molecule has 2 rings (SSSR count). The molecule has 0 fully saturated rings. The van der Waals surface area contributed by atoms with E-state index in [4.69, 9.17) is 4.74 Å². The molecule has 5 heteroatoms. The first-order valence-corrected chi connectivity index (χ1v) is 9.98. The van der Waals surface area contributed by atoms with Gasteiger partial charge in [0, 0.05) is 18.8 Å². The normalized spacial score (nSPS) is 19.9. The van der Waals surface area contributed by atoms with Gasteiger partial charge in [-0.05, 0) is 49.7 Å². The highest BCUT2D eigenvalue weighted by Crippen LogP contribution is 2.31. The number of anilines is 1. The summed E-state index contributed by atoms with van der Waals surface area (Å²) in [5.41, 5.74) is 2.12. The number of allylic oxidation sites excluding steroid dienone is 1. The lowest BCUT2D eigenvalue weighted by Crippen LogP contribution is -2.54. The van der Waals surface area contributed by atoms with E-state index in [1.165, 1.54) is 0 Å². The number of carbonyl (C=O) groups is 1. The van der Waals surface area contributed by atoms with Gasteiger partial charge in [0.25, 0.3) is 0 Å². The van der Waals surface area contributed by atoms with E-state index in [-0.39, 0.29) is 30.5 Å². The van der Waals surface area contributed by atoms with E-state index in [2.05, 4.69) is 18.0 Å². The van der Waals surface area contributed by atoms with Gasteiger partial charge in [0.1, 0.15) is 11.8 Å². The van der Waals surface area contributed by atoms with Crippen molar-refractivity contribution >= 4 is 11.6 Å². The van der Waals surface area contributed by atoms with Crippen LogP contribution in [0.2, 0.25) is 0 Å². The van der Waals surface area contributed by atoms with Crippen LogP contribution in [0.25, 0.3) is 0 Å². The van der Waals surface area contributed by atoms with Crippen LogP contribution in [-0.2, 0) is 11.2 Å². The highest BCUT2D eigenvalue weighted by atomic mass is 16.5. The van der Waals surface area contributed by atoms with Crippen LogP contribution >= 0.6 is 0 Å². The number of nitrogens with zero attached hydrogens (tertiary/aromatic N) is 1. The number of hydrogen-bond donors (Lipinski definition) is 2. The average molecular weight is 375 g/mol. The summed E-state index contributed by atoms with van der Waals surface area (Å²) >= 11 is 0. The van der Waals surface area contributed by atoms with E-state index in [0.29, 0.717) is 13.0 Å². The van der Waals surface area contributed by atoms with E-state index in [1.807, 2.05) is 44.0 Å². The van der Waals surface area contributed by atoms with E-state index in [9.17, 15) is 9.90 Å². The molecule has 2 atom stereocenters. The molecule has 2 N–H and O–H groups in total. The quantitative estimate of drug-likeness (QED) is 0.514. The predicted molar refractivity (Wildman–Crippen MR) is 110 cm³/mol. The van der Waals surface area contributed by atoms with E-state index < -0.39 is 0 Å². The topological polar surface area (TPSA) is 61.8 Å². The van der Waals surface area contributed by atoms with E-state index in [0.717, 1.165) is 42.7 Å². The standard InChI is InChI=1S/C22H34N2O3/c1-5-6-7-8-9-12-27-19-11-10-17-13-18(15-25)23-22(26)21(16(2)3)24(4)20(17)14-19/h5,10-11,14,16,18,21,25H,1,6-9,12-13,15H2,2-4H3,(H,23,26). The summed E-state index contributed by atoms with van der Waals surface area (Å²) in [6.07, 6.45) is 6.90. The molecule has 5 nitrogen and oxygen atoms in total. The number of rotatable bonds is 9. The fourth-order valence-electron chi connectivity index (χ4n) is 3.68. The first kappa shape index (κ1) is 21.3. The third-order valence-corrected chi connectivity index (χ3v) is 5.11. The second-order valence-corrected chi connectivity index (χ2v) is 7.67. The molecule has 0 saturated heterocycles. The lowest BCUT2D eigenvalue weighted by Gasteiger charge is -2.37. The van der Waals surface area contributed by atoms with Gasteiger partial charge in [0.05, 0.1) is 19.3 Å². The summed E-state index contributed by atoms with van der Waals surface area (Å²) in [6.45, 7) is 8.45. The monoisotopic (exact) mass is 374 g/mol. The molecule has 1 aromatic rings. The molecule has 0 saturated carbocycles. The third kappa shape index (κ3) is 5.73. The Bertz CT molecular complexity index is 630. The van der Waals surface area contributed by atoms with Gasteiger partial charge in [-0.2, -0.15) is 0 Å². The number of unbranched alkanes of at least 4 members (excludes halogenated alkanes) is 3. The van der Waals surface area contributed by atoms with Gasteiger partial charge in [-0.15, -0.1) is 6.58 Å². The molecular formula is C22H34N2O3. The highest BCUT2D eigenvalue weighted by molar-refractivity contribution is 5.86. The predicted octanol–water partition coefficient (Wildman–Crippen LogP) is 3.31. The van der Waals surface area contributed by atoms with Crippen molar-refractivity contribution in [1.29, 1.82) is 0 Å². The molecule has 150 valence electrons. The number of amides is 1. The Hall–Kier alpha value is -2.01. The SMILES string of the molecule is C=CCCCCCOc1ccc2c(c1)N(C)C(C(C)C)C(=O)NC(CO)C2. The Labute approximate surface area is 163 Å². The summed E-state index contributed by atoms with van der Waals surface area (Å²) < 4.78 is 5.95. The van der Waals surface area contributed by atoms with Gasteiger partial charge >= 0.3 is 0 Å². The number of nitrogens with one attached hydrogen (secondary N) is 1. The van der Waals surface area contributed by atoms with Crippen molar-refractivity contribution in [3.05, 3.63) is 36.4 Å². The number of fused-ring (bicyclic) bond motifs is 1. The van der Waals surface area contributed by atoms with Crippen LogP contribution in [0.4, 0.5) is 5.69 Å². The summed E-state index contributed by atoms with van der Waals surface area (Å²) in [6, 6.07) is 5.52. The lowest BCUT2D eigenvalue weighted by atomic mass is 9.95. The lowest BCUT2D eigenvalue weighted by molar-refractivity contribution is -0.124. The molecular weight excluding hydrogens is 340 g/mol. The van der Waals surface area contributed by atoms with E-state index in [1.54, 1.807) is 0 Å². The molecule has 1 aliphatic rings. The van der Waals surface area contributed by atoms with Crippen molar-refractivity contribution in [2.24, 2.45) is 5.92 Å². The second-order valence-electron chi connectivity index (χ2n) is 7.67. The molecule has 27 heavy (non-hydrogen) atoms. The number of aliphatic hydroxyl groups excluding tert-OH is 1. The maximum Gasteiger partial charge on any atom is 0.243 e. The van der Waals surface area contributed by atoms with Crippen LogP contribution < -0.4 is 15.0 Å². The number of ether oxygens (including phenoxy) is 1. The van der Waals surface area contributed by atoms with Crippen molar-refractivity contribution in [2.75, 3.05) is 25.2 Å². The number of likely N-dealkylation sites (N-methyl/N-ethyl adjacent to an activating group) is 1. The average Bonchev–Trinajstić information content (AvgIpc) is 2.63. The minimum absolute atomic E-state index is 0.0364. The van der Waals surface area contributed by atoms with Gasteiger partial charge < -0.3 is 20.1 Å². The Morgan fingerprint density at radius 3 is 2.81 bits per heavy atom. The zero-order chi connectivity index (χ0) is 19.8. The third-order valence-electron chi connectivity index (χ3n) is 5.11. The van der Waals surface area contributed by atoms with Crippen molar-refractivity contribution in [2.45, 2.75) is 58.0 Å². The Balaban J connectivity index is 2.16. The maximum atomic E-state index is 12.7. The Kier molecular flexibility index (Phi) is 8.17. The van der Waals surface area contributed by atoms with Crippen LogP contribution in [0.15, 0.2) is 30.9 Å². The summed E-state index contributed by atoms with van der Waals surface area (Å²) in [4.78, 5) is 14.7. The summed E-state index contributed by atoms with van der Waals surface area (Å²) in [5.74, 6) is 0.939. The highest BCUT2D eigenvalue weighted by Gasteiger charge is 2.32. The Morgan fingerprint density at radius 1 is 1.37 bits per heavy atom. The van der Waals surface area contributed by atoms with E-state index >= 15 is 0 Å². The molecule has 1 heterocycles. The zero-order valence-electron chi connectivity index (χ0n) is 16.9. The number of aliphatic hydroxyl groups is 1. The van der Waals surface area contributed by atoms with Gasteiger partial charge in [0.2, 0.25) is 5.91 Å². The van der Waals surface area contributed by atoms with Crippen molar-refractivity contribution in [1.82, 2.24) is 5.32 Å². The molecule has 0 aliphatic carbocycles. The first-order chi connectivity index (χ1) is 13.0. The van der Waals surface area contributed by atoms with Crippen molar-refractivity contribution < 1.29 is 14.6 Å². The summed E-state index contributed by atoms with van der Waals surface area (Å²) in [7, 11) is 1.96. The Morgan fingerprint density at radius 2 is 2.15 bits per heavy atom. The molecule has 2 unspecified atom stereocenters. The molecule has 0 radical (unpaired) electrons. The minimum atomic E-state index is -0.285. The molecule has 1 amide bonds. The van der Waals surface area contributed by atoms with Crippen LogP contribution in [0, 0.1) is 5.92 Å².